The minimum absolute atomic E-state index is 0.153. The molecule has 0 heterocycles. The van der Waals surface area contributed by atoms with Crippen LogP contribution in [0.15, 0.2) is 24.3 Å². The van der Waals surface area contributed by atoms with Crippen LogP contribution in [0.5, 0.6) is 0 Å². The largest absolute Gasteiger partial charge is 0.293 e. The molecular weight excluding hydrogens is 264 g/mol. The summed E-state index contributed by atoms with van der Waals surface area (Å²) in [4.78, 5) is 37.7. The van der Waals surface area contributed by atoms with Crippen molar-refractivity contribution in [1.29, 1.82) is 0 Å². The maximum Gasteiger partial charge on any atom is 0.230 e. The number of fused-ring (bicyclic) bond motifs is 1. The molecule has 0 amide bonds. The molecule has 3 nitrogen and oxygen atoms in total. The highest BCUT2D eigenvalue weighted by atomic mass is 16.2. The monoisotopic (exact) mass is 284 g/mol. The van der Waals surface area contributed by atoms with Gasteiger partial charge in [0.25, 0.3) is 0 Å². The number of Topliss-reactive ketones (excluding diaryl/α,β-unsaturated/α-hetero) is 3. The number of hydrogen-bond donors (Lipinski definition) is 0. The Labute approximate surface area is 124 Å². The minimum atomic E-state index is -0.780. The quantitative estimate of drug-likeness (QED) is 0.449. The zero-order chi connectivity index (χ0) is 15.0. The van der Waals surface area contributed by atoms with Gasteiger partial charge in [-0.05, 0) is 18.3 Å². The Hall–Kier alpha value is -1.77. The van der Waals surface area contributed by atoms with Gasteiger partial charge in [0, 0.05) is 11.1 Å². The molecule has 1 atom stereocenters. The van der Waals surface area contributed by atoms with Gasteiger partial charge in [-0.2, -0.15) is 0 Å². The third-order valence-electron chi connectivity index (χ3n) is 5.13. The van der Waals surface area contributed by atoms with Crippen molar-refractivity contribution in [3.63, 3.8) is 0 Å². The first-order chi connectivity index (χ1) is 10.0. The Kier molecular flexibility index (Phi) is 3.52. The second-order valence-corrected chi connectivity index (χ2v) is 6.60. The van der Waals surface area contributed by atoms with Gasteiger partial charge in [-0.25, -0.2) is 0 Å². The summed E-state index contributed by atoms with van der Waals surface area (Å²) in [5, 5.41) is 0. The molecule has 0 saturated heterocycles. The number of benzene rings is 1. The van der Waals surface area contributed by atoms with E-state index in [-0.39, 0.29) is 16.8 Å². The van der Waals surface area contributed by atoms with Crippen LogP contribution in [0.4, 0.5) is 0 Å². The molecule has 3 heteroatoms. The Bertz CT molecular complexity index is 607. The SMILES string of the molecule is CC1(C2C(=O)C(=O)c3ccccc3C2=O)CCCCCC1. The fourth-order valence-corrected chi connectivity index (χ4v) is 3.89. The molecule has 1 aromatic rings. The second kappa shape index (κ2) is 5.21. The first kappa shape index (κ1) is 14.2. The normalized spacial score (nSPS) is 25.4. The molecule has 3 rings (SSSR count). The van der Waals surface area contributed by atoms with E-state index in [1.54, 1.807) is 24.3 Å². The molecular formula is C18H20O3. The maximum absolute atomic E-state index is 12.8. The van der Waals surface area contributed by atoms with Gasteiger partial charge in [-0.3, -0.25) is 14.4 Å². The summed E-state index contributed by atoms with van der Waals surface area (Å²) in [5.41, 5.74) is 0.340. The Morgan fingerprint density at radius 2 is 1.43 bits per heavy atom. The van der Waals surface area contributed by atoms with Crippen molar-refractivity contribution >= 4 is 17.3 Å². The first-order valence-electron chi connectivity index (χ1n) is 7.76. The van der Waals surface area contributed by atoms with E-state index < -0.39 is 17.5 Å². The van der Waals surface area contributed by atoms with Crippen LogP contribution in [-0.4, -0.2) is 17.3 Å². The van der Waals surface area contributed by atoms with Gasteiger partial charge in [-0.1, -0.05) is 56.9 Å². The predicted octanol–water partition coefficient (Wildman–Crippen LogP) is 3.61. The summed E-state index contributed by atoms with van der Waals surface area (Å²) in [5.74, 6) is -1.92. The van der Waals surface area contributed by atoms with E-state index in [9.17, 15) is 14.4 Å². The molecule has 0 spiro atoms. The van der Waals surface area contributed by atoms with Gasteiger partial charge in [-0.15, -0.1) is 0 Å². The third-order valence-corrected chi connectivity index (χ3v) is 5.13. The number of carbonyl (C=O) groups excluding carboxylic acids is 3. The molecule has 1 fully saturated rings. The summed E-state index contributed by atoms with van der Waals surface area (Å²) < 4.78 is 0. The molecule has 0 N–H and O–H groups in total. The van der Waals surface area contributed by atoms with Gasteiger partial charge in [0.2, 0.25) is 11.6 Å². The zero-order valence-corrected chi connectivity index (χ0v) is 12.4. The van der Waals surface area contributed by atoms with E-state index in [0.717, 1.165) is 38.5 Å². The first-order valence-corrected chi connectivity index (χ1v) is 7.76. The summed E-state index contributed by atoms with van der Waals surface area (Å²) in [7, 11) is 0. The molecule has 0 radical (unpaired) electrons. The molecule has 1 aromatic carbocycles. The molecule has 2 aliphatic carbocycles. The van der Waals surface area contributed by atoms with Gasteiger partial charge in [0.05, 0.1) is 5.92 Å². The zero-order valence-electron chi connectivity index (χ0n) is 12.4. The molecule has 0 bridgehead atoms. The van der Waals surface area contributed by atoms with Crippen molar-refractivity contribution in [1.82, 2.24) is 0 Å². The van der Waals surface area contributed by atoms with Crippen molar-refractivity contribution in [3.8, 4) is 0 Å². The van der Waals surface area contributed by atoms with E-state index in [0.29, 0.717) is 5.56 Å². The highest BCUT2D eigenvalue weighted by molar-refractivity contribution is 6.52. The van der Waals surface area contributed by atoms with Crippen molar-refractivity contribution in [2.24, 2.45) is 11.3 Å². The number of ketones is 3. The van der Waals surface area contributed by atoms with Gasteiger partial charge >= 0.3 is 0 Å². The number of rotatable bonds is 1. The topological polar surface area (TPSA) is 51.2 Å². The van der Waals surface area contributed by atoms with Gasteiger partial charge in [0.15, 0.2) is 5.78 Å². The van der Waals surface area contributed by atoms with Crippen LogP contribution >= 0.6 is 0 Å². The second-order valence-electron chi connectivity index (χ2n) is 6.60. The Balaban J connectivity index is 2.05. The van der Waals surface area contributed by atoms with Crippen LogP contribution in [0, 0.1) is 11.3 Å². The van der Waals surface area contributed by atoms with E-state index in [1.807, 2.05) is 6.92 Å². The number of carbonyl (C=O) groups is 3. The Morgan fingerprint density at radius 1 is 0.857 bits per heavy atom. The molecule has 21 heavy (non-hydrogen) atoms. The minimum Gasteiger partial charge on any atom is -0.293 e. The Morgan fingerprint density at radius 3 is 2.05 bits per heavy atom. The maximum atomic E-state index is 12.8. The summed E-state index contributed by atoms with van der Waals surface area (Å²) >= 11 is 0. The lowest BCUT2D eigenvalue weighted by Crippen LogP contribution is -2.46. The summed E-state index contributed by atoms with van der Waals surface area (Å²) in [6.07, 6.45) is 6.06. The summed E-state index contributed by atoms with van der Waals surface area (Å²) in [6.45, 7) is 2.01. The lowest BCUT2D eigenvalue weighted by atomic mass is 9.63. The van der Waals surface area contributed by atoms with Crippen molar-refractivity contribution < 1.29 is 14.4 Å². The smallest absolute Gasteiger partial charge is 0.230 e. The van der Waals surface area contributed by atoms with Crippen molar-refractivity contribution in [2.45, 2.75) is 45.4 Å². The van der Waals surface area contributed by atoms with Gasteiger partial charge in [0.1, 0.15) is 0 Å². The van der Waals surface area contributed by atoms with Crippen LogP contribution in [0.2, 0.25) is 0 Å². The average Bonchev–Trinajstić information content (AvgIpc) is 2.70. The van der Waals surface area contributed by atoms with E-state index in [1.165, 1.54) is 0 Å². The third kappa shape index (κ3) is 2.25. The van der Waals surface area contributed by atoms with Crippen LogP contribution in [0.1, 0.15) is 66.2 Å². The fraction of sp³-hybridized carbons (Fsp3) is 0.500. The van der Waals surface area contributed by atoms with E-state index in [4.69, 9.17) is 0 Å². The highest BCUT2D eigenvalue weighted by Crippen LogP contribution is 2.45. The molecule has 1 unspecified atom stereocenters. The van der Waals surface area contributed by atoms with E-state index >= 15 is 0 Å². The summed E-state index contributed by atoms with van der Waals surface area (Å²) in [6, 6.07) is 6.71. The van der Waals surface area contributed by atoms with Gasteiger partial charge < -0.3 is 0 Å². The fourth-order valence-electron chi connectivity index (χ4n) is 3.89. The van der Waals surface area contributed by atoms with Crippen LogP contribution in [0.3, 0.4) is 0 Å². The molecule has 110 valence electrons. The highest BCUT2D eigenvalue weighted by Gasteiger charge is 2.49. The molecule has 2 aliphatic rings. The number of hydrogen-bond acceptors (Lipinski definition) is 3. The molecule has 0 aliphatic heterocycles. The van der Waals surface area contributed by atoms with Crippen molar-refractivity contribution in [3.05, 3.63) is 35.4 Å². The lowest BCUT2D eigenvalue weighted by molar-refractivity contribution is -0.121. The van der Waals surface area contributed by atoms with E-state index in [2.05, 4.69) is 0 Å². The van der Waals surface area contributed by atoms with Crippen molar-refractivity contribution in [2.75, 3.05) is 0 Å². The average molecular weight is 284 g/mol. The van der Waals surface area contributed by atoms with Crippen LogP contribution < -0.4 is 0 Å². The molecule has 0 aromatic heterocycles. The predicted molar refractivity (Wildman–Crippen MR) is 79.4 cm³/mol. The lowest BCUT2D eigenvalue weighted by Gasteiger charge is -2.37. The molecule has 1 saturated carbocycles. The standard InChI is InChI=1S/C18H20O3/c1-18(10-6-2-3-7-11-18)14-15(19)12-8-4-5-9-13(12)16(20)17(14)21/h4-5,8-9,14H,2-3,6-7,10-11H2,1H3. The van der Waals surface area contributed by atoms with Crippen LogP contribution in [0.25, 0.3) is 0 Å². The van der Waals surface area contributed by atoms with Crippen LogP contribution in [-0.2, 0) is 4.79 Å².